The van der Waals surface area contributed by atoms with Gasteiger partial charge in [-0.15, -0.1) is 11.8 Å². The number of carbonyl (C=O) groups is 1. The summed E-state index contributed by atoms with van der Waals surface area (Å²) in [6.07, 6.45) is 0. The van der Waals surface area contributed by atoms with E-state index in [2.05, 4.69) is 31.2 Å². The van der Waals surface area contributed by atoms with Crippen LogP contribution < -0.4 is 0 Å². The summed E-state index contributed by atoms with van der Waals surface area (Å²) in [7, 11) is 0. The zero-order chi connectivity index (χ0) is 13.0. The first-order valence-electron chi connectivity index (χ1n) is 5.67. The highest BCUT2D eigenvalue weighted by Gasteiger charge is 2.03. The van der Waals surface area contributed by atoms with Crippen LogP contribution in [0.15, 0.2) is 53.4 Å². The van der Waals surface area contributed by atoms with Gasteiger partial charge in [0.25, 0.3) is 0 Å². The van der Waals surface area contributed by atoms with Gasteiger partial charge in [0.2, 0.25) is 0 Å². The monoisotopic (exact) mass is 258 g/mol. The Morgan fingerprint density at radius 1 is 1.17 bits per heavy atom. The van der Waals surface area contributed by atoms with E-state index in [0.29, 0.717) is 5.56 Å². The van der Waals surface area contributed by atoms with E-state index in [1.807, 2.05) is 6.07 Å². The van der Waals surface area contributed by atoms with Gasteiger partial charge in [-0.1, -0.05) is 29.8 Å². The van der Waals surface area contributed by atoms with Crippen LogP contribution in [0.25, 0.3) is 0 Å². The SMILES string of the molecule is Cc1ccc(SCc2cccc(C(=O)O)c2)cc1. The molecule has 0 saturated carbocycles. The highest BCUT2D eigenvalue weighted by Crippen LogP contribution is 2.23. The Labute approximate surface area is 111 Å². The fraction of sp³-hybridized carbons (Fsp3) is 0.133. The minimum atomic E-state index is -0.878. The topological polar surface area (TPSA) is 37.3 Å². The van der Waals surface area contributed by atoms with Crippen LogP contribution in [0.4, 0.5) is 0 Å². The minimum absolute atomic E-state index is 0.344. The van der Waals surface area contributed by atoms with Crippen molar-refractivity contribution in [2.75, 3.05) is 0 Å². The molecule has 0 radical (unpaired) electrons. The first-order chi connectivity index (χ1) is 8.65. The quantitative estimate of drug-likeness (QED) is 0.843. The van der Waals surface area contributed by atoms with Crippen LogP contribution in [0.5, 0.6) is 0 Å². The first-order valence-corrected chi connectivity index (χ1v) is 6.65. The van der Waals surface area contributed by atoms with Crippen molar-refractivity contribution in [1.29, 1.82) is 0 Å². The molecular formula is C15H14O2S. The third-order valence-electron chi connectivity index (χ3n) is 2.60. The van der Waals surface area contributed by atoms with E-state index >= 15 is 0 Å². The van der Waals surface area contributed by atoms with E-state index < -0.39 is 5.97 Å². The number of benzene rings is 2. The number of aryl methyl sites for hydroxylation is 1. The third kappa shape index (κ3) is 3.37. The maximum Gasteiger partial charge on any atom is 0.335 e. The third-order valence-corrected chi connectivity index (χ3v) is 3.68. The van der Waals surface area contributed by atoms with Gasteiger partial charge >= 0.3 is 5.97 Å². The zero-order valence-electron chi connectivity index (χ0n) is 10.1. The maximum absolute atomic E-state index is 10.9. The number of carboxylic acids is 1. The predicted octanol–water partition coefficient (Wildman–Crippen LogP) is 3.99. The molecule has 2 aromatic carbocycles. The molecule has 0 amide bonds. The van der Waals surface area contributed by atoms with Crippen molar-refractivity contribution >= 4 is 17.7 Å². The van der Waals surface area contributed by atoms with Crippen LogP contribution in [-0.4, -0.2) is 11.1 Å². The average Bonchev–Trinajstić information content (AvgIpc) is 2.38. The number of rotatable bonds is 4. The summed E-state index contributed by atoms with van der Waals surface area (Å²) in [4.78, 5) is 12.1. The van der Waals surface area contributed by atoms with E-state index in [-0.39, 0.29) is 0 Å². The molecule has 0 spiro atoms. The molecule has 0 unspecified atom stereocenters. The van der Waals surface area contributed by atoms with Crippen molar-refractivity contribution in [3.05, 3.63) is 65.2 Å². The molecule has 0 bridgehead atoms. The second-order valence-electron chi connectivity index (χ2n) is 4.11. The lowest BCUT2D eigenvalue weighted by molar-refractivity contribution is 0.0697. The summed E-state index contributed by atoms with van der Waals surface area (Å²) in [6, 6.07) is 15.4. The zero-order valence-corrected chi connectivity index (χ0v) is 10.9. The van der Waals surface area contributed by atoms with Gasteiger partial charge < -0.3 is 5.11 Å². The standard InChI is InChI=1S/C15H14O2S/c1-11-5-7-14(8-6-11)18-10-12-3-2-4-13(9-12)15(16)17/h2-9H,10H2,1H3,(H,16,17). The van der Waals surface area contributed by atoms with Gasteiger partial charge in [0, 0.05) is 10.6 Å². The molecule has 3 heteroatoms. The molecule has 0 aliphatic heterocycles. The highest BCUT2D eigenvalue weighted by molar-refractivity contribution is 7.98. The van der Waals surface area contributed by atoms with Crippen LogP contribution >= 0.6 is 11.8 Å². The highest BCUT2D eigenvalue weighted by atomic mass is 32.2. The second kappa shape index (κ2) is 5.74. The fourth-order valence-electron chi connectivity index (χ4n) is 1.60. The first kappa shape index (κ1) is 12.7. The summed E-state index contributed by atoms with van der Waals surface area (Å²) in [5, 5.41) is 8.92. The smallest absolute Gasteiger partial charge is 0.335 e. The molecule has 2 aromatic rings. The molecule has 0 fully saturated rings. The van der Waals surface area contributed by atoms with Crippen molar-refractivity contribution < 1.29 is 9.90 Å². The molecule has 1 N–H and O–H groups in total. The summed E-state index contributed by atoms with van der Waals surface area (Å²) in [6.45, 7) is 2.06. The van der Waals surface area contributed by atoms with E-state index in [4.69, 9.17) is 5.11 Å². The van der Waals surface area contributed by atoms with Crippen LogP contribution in [-0.2, 0) is 5.75 Å². The van der Waals surface area contributed by atoms with Gasteiger partial charge in [0.05, 0.1) is 5.56 Å². The summed E-state index contributed by atoms with van der Waals surface area (Å²) >= 11 is 1.71. The Kier molecular flexibility index (Phi) is 4.05. The Bertz CT molecular complexity index is 547. The van der Waals surface area contributed by atoms with Crippen molar-refractivity contribution in [2.24, 2.45) is 0 Å². The Balaban J connectivity index is 2.04. The number of hydrogen-bond acceptors (Lipinski definition) is 2. The molecule has 0 aliphatic carbocycles. The molecule has 0 aliphatic rings. The van der Waals surface area contributed by atoms with Crippen LogP contribution in [0.1, 0.15) is 21.5 Å². The van der Waals surface area contributed by atoms with Gasteiger partial charge in [-0.25, -0.2) is 4.79 Å². The number of thioether (sulfide) groups is 1. The number of aromatic carboxylic acids is 1. The summed E-state index contributed by atoms with van der Waals surface area (Å²) < 4.78 is 0. The Hall–Kier alpha value is -1.74. The lowest BCUT2D eigenvalue weighted by Crippen LogP contribution is -1.96. The molecular weight excluding hydrogens is 244 g/mol. The number of carboxylic acid groups (broad SMARTS) is 1. The van der Waals surface area contributed by atoms with Crippen molar-refractivity contribution in [2.45, 2.75) is 17.6 Å². The average molecular weight is 258 g/mol. The second-order valence-corrected chi connectivity index (χ2v) is 5.16. The Morgan fingerprint density at radius 2 is 1.89 bits per heavy atom. The van der Waals surface area contributed by atoms with Gasteiger partial charge in [-0.2, -0.15) is 0 Å². The molecule has 92 valence electrons. The molecule has 0 saturated heterocycles. The fourth-order valence-corrected chi connectivity index (χ4v) is 2.44. The minimum Gasteiger partial charge on any atom is -0.478 e. The van der Waals surface area contributed by atoms with E-state index in [1.54, 1.807) is 30.0 Å². The largest absolute Gasteiger partial charge is 0.478 e. The Morgan fingerprint density at radius 3 is 2.56 bits per heavy atom. The maximum atomic E-state index is 10.9. The van der Waals surface area contributed by atoms with Gasteiger partial charge in [0.15, 0.2) is 0 Å². The summed E-state index contributed by atoms with van der Waals surface area (Å²) in [5.41, 5.74) is 2.62. The van der Waals surface area contributed by atoms with E-state index in [9.17, 15) is 4.79 Å². The summed E-state index contributed by atoms with van der Waals surface area (Å²) in [5.74, 6) is -0.0957. The van der Waals surface area contributed by atoms with Crippen LogP contribution in [0.2, 0.25) is 0 Å². The molecule has 18 heavy (non-hydrogen) atoms. The van der Waals surface area contributed by atoms with E-state index in [0.717, 1.165) is 11.3 Å². The lowest BCUT2D eigenvalue weighted by atomic mass is 10.1. The molecule has 0 atom stereocenters. The van der Waals surface area contributed by atoms with Crippen LogP contribution in [0, 0.1) is 6.92 Å². The molecule has 0 aromatic heterocycles. The lowest BCUT2D eigenvalue weighted by Gasteiger charge is -2.03. The predicted molar refractivity (Wildman–Crippen MR) is 74.1 cm³/mol. The normalized spacial score (nSPS) is 10.3. The number of hydrogen-bond donors (Lipinski definition) is 1. The molecule has 0 heterocycles. The van der Waals surface area contributed by atoms with E-state index in [1.165, 1.54) is 10.5 Å². The van der Waals surface area contributed by atoms with Crippen molar-refractivity contribution in [3.63, 3.8) is 0 Å². The van der Waals surface area contributed by atoms with Crippen molar-refractivity contribution in [1.82, 2.24) is 0 Å². The van der Waals surface area contributed by atoms with Crippen molar-refractivity contribution in [3.8, 4) is 0 Å². The molecule has 2 rings (SSSR count). The van der Waals surface area contributed by atoms with Crippen LogP contribution in [0.3, 0.4) is 0 Å². The van der Waals surface area contributed by atoms with Gasteiger partial charge in [-0.3, -0.25) is 0 Å². The molecule has 2 nitrogen and oxygen atoms in total. The van der Waals surface area contributed by atoms with Gasteiger partial charge in [-0.05, 0) is 36.8 Å². The van der Waals surface area contributed by atoms with Gasteiger partial charge in [0.1, 0.15) is 0 Å².